The molecule has 27 heavy (non-hydrogen) atoms. The van der Waals surface area contributed by atoms with Gasteiger partial charge in [-0.15, -0.1) is 0 Å². The van der Waals surface area contributed by atoms with Gasteiger partial charge in [0, 0.05) is 5.02 Å². The van der Waals surface area contributed by atoms with Crippen molar-refractivity contribution in [2.75, 3.05) is 6.61 Å². The number of carbonyl (C=O) groups excluding carboxylic acids is 1. The Kier molecular flexibility index (Phi) is 6.66. The van der Waals surface area contributed by atoms with Gasteiger partial charge in [-0.2, -0.15) is 5.10 Å². The highest BCUT2D eigenvalue weighted by Gasteiger charge is 2.13. The van der Waals surface area contributed by atoms with E-state index >= 15 is 0 Å². The summed E-state index contributed by atoms with van der Waals surface area (Å²) >= 11 is 6.14. The Balaban J connectivity index is 1.94. The summed E-state index contributed by atoms with van der Waals surface area (Å²) in [5, 5.41) is 4.88. The molecule has 2 aromatic rings. The number of benzene rings is 2. The molecule has 1 N–H and O–H groups in total. The molecule has 0 unspecified atom stereocenters. The van der Waals surface area contributed by atoms with Crippen molar-refractivity contribution in [2.45, 2.75) is 47.0 Å². The van der Waals surface area contributed by atoms with Crippen molar-refractivity contribution in [1.29, 1.82) is 0 Å². The number of nitrogens with one attached hydrogen (secondary N) is 1. The minimum Gasteiger partial charge on any atom is -0.484 e. The van der Waals surface area contributed by atoms with Crippen LogP contribution >= 0.6 is 11.6 Å². The maximum atomic E-state index is 12.0. The third-order valence-corrected chi connectivity index (χ3v) is 4.89. The maximum Gasteiger partial charge on any atom is 0.277 e. The molecule has 0 atom stereocenters. The average molecular weight is 387 g/mol. The molecule has 4 nitrogen and oxygen atoms in total. The van der Waals surface area contributed by atoms with Crippen LogP contribution in [0.15, 0.2) is 41.5 Å². The summed E-state index contributed by atoms with van der Waals surface area (Å²) in [7, 11) is 0. The van der Waals surface area contributed by atoms with Gasteiger partial charge in [-0.1, -0.05) is 56.6 Å². The van der Waals surface area contributed by atoms with Gasteiger partial charge >= 0.3 is 0 Å². The van der Waals surface area contributed by atoms with Crippen LogP contribution in [0.3, 0.4) is 0 Å². The molecule has 0 saturated carbocycles. The highest BCUT2D eigenvalue weighted by Crippen LogP contribution is 2.25. The summed E-state index contributed by atoms with van der Waals surface area (Å²) in [5.74, 6) is 0.300. The van der Waals surface area contributed by atoms with E-state index in [1.807, 2.05) is 45.0 Å². The van der Waals surface area contributed by atoms with Crippen molar-refractivity contribution in [3.8, 4) is 5.75 Å². The summed E-state index contributed by atoms with van der Waals surface area (Å²) in [5.41, 5.74) is 7.43. The van der Waals surface area contributed by atoms with Crippen molar-refractivity contribution in [3.05, 3.63) is 63.7 Å². The largest absolute Gasteiger partial charge is 0.484 e. The lowest BCUT2D eigenvalue weighted by atomic mass is 9.86. The Morgan fingerprint density at radius 3 is 2.19 bits per heavy atom. The summed E-state index contributed by atoms with van der Waals surface area (Å²) in [6, 6.07) is 11.8. The molecule has 0 fully saturated rings. The third kappa shape index (κ3) is 5.83. The first-order valence-corrected chi connectivity index (χ1v) is 9.29. The Morgan fingerprint density at radius 2 is 1.67 bits per heavy atom. The highest BCUT2D eigenvalue weighted by molar-refractivity contribution is 6.32. The van der Waals surface area contributed by atoms with Gasteiger partial charge in [0.05, 0.1) is 5.71 Å². The van der Waals surface area contributed by atoms with Gasteiger partial charge < -0.3 is 4.74 Å². The van der Waals surface area contributed by atoms with Crippen LogP contribution in [0.1, 0.15) is 49.9 Å². The first-order chi connectivity index (χ1) is 12.6. The Morgan fingerprint density at radius 1 is 1.11 bits per heavy atom. The monoisotopic (exact) mass is 386 g/mol. The van der Waals surface area contributed by atoms with E-state index in [-0.39, 0.29) is 17.9 Å². The van der Waals surface area contributed by atoms with E-state index in [1.54, 1.807) is 0 Å². The van der Waals surface area contributed by atoms with Crippen molar-refractivity contribution in [2.24, 2.45) is 5.10 Å². The lowest BCUT2D eigenvalue weighted by Gasteiger charge is -2.19. The average Bonchev–Trinajstić information content (AvgIpc) is 2.61. The van der Waals surface area contributed by atoms with Crippen LogP contribution in [0.25, 0.3) is 0 Å². The number of carbonyl (C=O) groups is 1. The number of hydrogen-bond donors (Lipinski definition) is 1. The van der Waals surface area contributed by atoms with Gasteiger partial charge in [-0.05, 0) is 60.6 Å². The van der Waals surface area contributed by atoms with Gasteiger partial charge in [0.1, 0.15) is 5.75 Å². The van der Waals surface area contributed by atoms with E-state index in [4.69, 9.17) is 16.3 Å². The van der Waals surface area contributed by atoms with Crippen LogP contribution < -0.4 is 10.2 Å². The normalized spacial score (nSPS) is 12.0. The van der Waals surface area contributed by atoms with Gasteiger partial charge in [-0.25, -0.2) is 5.43 Å². The molecule has 1 amide bonds. The molecular weight excluding hydrogens is 360 g/mol. The van der Waals surface area contributed by atoms with Gasteiger partial charge in [0.2, 0.25) is 0 Å². The van der Waals surface area contributed by atoms with Crippen LogP contribution in [0, 0.1) is 13.8 Å². The van der Waals surface area contributed by atoms with Crippen molar-refractivity contribution < 1.29 is 9.53 Å². The SMILES string of the molecule is C/C(=N\NC(=O)COc1cc(C)c(Cl)c(C)c1)c1ccc(C(C)(C)C)cc1. The number of hydrazone groups is 1. The zero-order chi connectivity index (χ0) is 20.2. The van der Waals surface area contributed by atoms with Crippen LogP contribution in [0.2, 0.25) is 5.02 Å². The van der Waals surface area contributed by atoms with E-state index in [0.717, 1.165) is 22.4 Å². The zero-order valence-electron chi connectivity index (χ0n) is 16.8. The Hall–Kier alpha value is -2.33. The number of aryl methyl sites for hydroxylation is 2. The molecule has 0 heterocycles. The molecule has 0 aliphatic heterocycles. The number of halogens is 1. The lowest BCUT2D eigenvalue weighted by Crippen LogP contribution is -2.25. The molecular formula is C22H27ClN2O2. The fourth-order valence-electron chi connectivity index (χ4n) is 2.59. The van der Waals surface area contributed by atoms with E-state index in [9.17, 15) is 4.79 Å². The topological polar surface area (TPSA) is 50.7 Å². The number of ether oxygens (including phenoxy) is 1. The number of amides is 1. The van der Waals surface area contributed by atoms with Crippen LogP contribution in [-0.4, -0.2) is 18.2 Å². The second-order valence-electron chi connectivity index (χ2n) is 7.72. The number of rotatable bonds is 5. The van der Waals surface area contributed by atoms with E-state index in [2.05, 4.69) is 43.4 Å². The molecule has 5 heteroatoms. The van der Waals surface area contributed by atoms with Crippen LogP contribution in [-0.2, 0) is 10.2 Å². The first-order valence-electron chi connectivity index (χ1n) is 8.91. The Bertz CT molecular complexity index is 827. The van der Waals surface area contributed by atoms with Crippen molar-refractivity contribution in [3.63, 3.8) is 0 Å². The van der Waals surface area contributed by atoms with Crippen molar-refractivity contribution in [1.82, 2.24) is 5.43 Å². The molecule has 0 spiro atoms. The minimum absolute atomic E-state index is 0.105. The molecule has 2 rings (SSSR count). The molecule has 0 saturated heterocycles. The van der Waals surface area contributed by atoms with Gasteiger partial charge in [-0.3, -0.25) is 4.79 Å². The smallest absolute Gasteiger partial charge is 0.277 e. The number of nitrogens with zero attached hydrogens (tertiary/aromatic N) is 1. The first kappa shape index (κ1) is 21.0. The standard InChI is InChI=1S/C22H27ClN2O2/c1-14-11-19(12-15(2)21(14)23)27-13-20(26)25-24-16(3)17-7-9-18(10-8-17)22(4,5)6/h7-12H,13H2,1-6H3,(H,25,26)/b24-16+. The minimum atomic E-state index is -0.314. The molecule has 144 valence electrons. The maximum absolute atomic E-state index is 12.0. The van der Waals surface area contributed by atoms with Crippen LogP contribution in [0.5, 0.6) is 5.75 Å². The number of hydrogen-bond acceptors (Lipinski definition) is 3. The molecule has 0 aromatic heterocycles. The molecule has 0 aliphatic rings. The second-order valence-corrected chi connectivity index (χ2v) is 8.10. The second kappa shape index (κ2) is 8.57. The summed E-state index contributed by atoms with van der Waals surface area (Å²) in [6.45, 7) is 12.1. The van der Waals surface area contributed by atoms with Crippen LogP contribution in [0.4, 0.5) is 0 Å². The molecule has 0 radical (unpaired) electrons. The summed E-state index contributed by atoms with van der Waals surface area (Å²) in [6.07, 6.45) is 0. The quantitative estimate of drug-likeness (QED) is 0.569. The zero-order valence-corrected chi connectivity index (χ0v) is 17.6. The molecule has 0 bridgehead atoms. The summed E-state index contributed by atoms with van der Waals surface area (Å²) in [4.78, 5) is 12.0. The van der Waals surface area contributed by atoms with E-state index < -0.39 is 0 Å². The predicted octanol–water partition coefficient (Wildman–Crippen LogP) is 5.17. The fourth-order valence-corrected chi connectivity index (χ4v) is 2.70. The lowest BCUT2D eigenvalue weighted by molar-refractivity contribution is -0.123. The van der Waals surface area contributed by atoms with E-state index in [1.165, 1.54) is 5.56 Å². The van der Waals surface area contributed by atoms with Gasteiger partial charge in [0.25, 0.3) is 5.91 Å². The molecule has 0 aliphatic carbocycles. The third-order valence-electron chi connectivity index (χ3n) is 4.30. The van der Waals surface area contributed by atoms with Gasteiger partial charge in [0.15, 0.2) is 6.61 Å². The fraction of sp³-hybridized carbons (Fsp3) is 0.364. The van der Waals surface area contributed by atoms with Crippen molar-refractivity contribution >= 4 is 23.2 Å². The predicted molar refractivity (Wildman–Crippen MR) is 112 cm³/mol. The highest BCUT2D eigenvalue weighted by atomic mass is 35.5. The Labute approximate surface area is 166 Å². The summed E-state index contributed by atoms with van der Waals surface area (Å²) < 4.78 is 5.54. The molecule has 2 aromatic carbocycles. The van der Waals surface area contributed by atoms with E-state index in [0.29, 0.717) is 10.8 Å².